The van der Waals surface area contributed by atoms with Crippen LogP contribution in [-0.4, -0.2) is 37.7 Å². The number of hydrogen-bond donors (Lipinski definition) is 2. The van der Waals surface area contributed by atoms with Crippen LogP contribution in [-0.2, 0) is 0 Å². The highest BCUT2D eigenvalue weighted by molar-refractivity contribution is 6.33. The van der Waals surface area contributed by atoms with Crippen LogP contribution in [0.15, 0.2) is 29.2 Å². The summed E-state index contributed by atoms with van der Waals surface area (Å²) in [6.45, 7) is 0. The van der Waals surface area contributed by atoms with Gasteiger partial charge in [-0.15, -0.1) is 0 Å². The molecule has 0 saturated heterocycles. The molecular weight excluding hydrogens is 380 g/mol. The Balaban J connectivity index is 1.59. The molecule has 2 amide bonds. The molecule has 142 valence electrons. The second-order valence-corrected chi connectivity index (χ2v) is 7.71. The lowest BCUT2D eigenvalue weighted by Crippen LogP contribution is -2.40. The first-order chi connectivity index (χ1) is 13.5. The summed E-state index contributed by atoms with van der Waals surface area (Å²) in [5.74, 6) is -0.205. The molecule has 2 N–H and O–H groups in total. The first-order valence-corrected chi connectivity index (χ1v) is 9.71. The van der Waals surface area contributed by atoms with Crippen molar-refractivity contribution in [1.82, 2.24) is 19.9 Å². The Bertz CT molecular complexity index is 1140. The second kappa shape index (κ2) is 6.31. The Kier molecular flexibility index (Phi) is 3.87. The number of benzene rings is 1. The number of aromatic nitrogens is 3. The van der Waals surface area contributed by atoms with E-state index in [0.29, 0.717) is 28.0 Å². The van der Waals surface area contributed by atoms with E-state index in [-0.39, 0.29) is 34.0 Å². The van der Waals surface area contributed by atoms with Crippen molar-refractivity contribution in [1.29, 1.82) is 0 Å². The number of amides is 2. The van der Waals surface area contributed by atoms with Crippen molar-refractivity contribution in [2.24, 2.45) is 0 Å². The molecule has 28 heavy (non-hydrogen) atoms. The van der Waals surface area contributed by atoms with Gasteiger partial charge in [-0.1, -0.05) is 30.9 Å². The maximum Gasteiger partial charge on any atom is 0.261 e. The average molecular weight is 397 g/mol. The normalized spacial score (nSPS) is 17.5. The summed E-state index contributed by atoms with van der Waals surface area (Å²) in [6.07, 6.45) is 6.41. The Morgan fingerprint density at radius 3 is 2.46 bits per heavy atom. The fourth-order valence-corrected chi connectivity index (χ4v) is 4.47. The third-order valence-corrected chi connectivity index (χ3v) is 5.92. The van der Waals surface area contributed by atoms with Crippen LogP contribution < -0.4 is 5.56 Å². The highest BCUT2D eigenvalue weighted by Gasteiger charge is 2.40. The van der Waals surface area contributed by atoms with Gasteiger partial charge in [0.15, 0.2) is 0 Å². The van der Waals surface area contributed by atoms with Crippen molar-refractivity contribution >= 4 is 34.4 Å². The first-order valence-electron chi connectivity index (χ1n) is 9.34. The number of halogens is 1. The van der Waals surface area contributed by atoms with Crippen LogP contribution >= 0.6 is 11.6 Å². The molecule has 0 unspecified atom stereocenters. The molecular formula is C20H17ClN4O3. The third kappa shape index (κ3) is 2.50. The molecule has 1 aliphatic heterocycles. The number of imide groups is 1. The summed E-state index contributed by atoms with van der Waals surface area (Å²) in [7, 11) is 0. The summed E-state index contributed by atoms with van der Waals surface area (Å²) in [5.41, 5.74) is 1.71. The second-order valence-electron chi connectivity index (χ2n) is 7.30. The van der Waals surface area contributed by atoms with Gasteiger partial charge in [0, 0.05) is 12.2 Å². The van der Waals surface area contributed by atoms with Crippen molar-refractivity contribution in [3.8, 4) is 11.4 Å². The number of aromatic amines is 2. The number of carbonyl (C=O) groups excluding carboxylic acids is 2. The van der Waals surface area contributed by atoms with Gasteiger partial charge in [0.2, 0.25) is 0 Å². The van der Waals surface area contributed by atoms with Gasteiger partial charge < -0.3 is 9.97 Å². The minimum absolute atomic E-state index is 0.0234. The lowest BCUT2D eigenvalue weighted by Gasteiger charge is -2.29. The number of H-pyrrole nitrogens is 2. The molecule has 3 aromatic rings. The van der Waals surface area contributed by atoms with Crippen LogP contribution in [0.3, 0.4) is 0 Å². The zero-order valence-corrected chi connectivity index (χ0v) is 15.7. The number of nitrogens with one attached hydrogen (secondary N) is 2. The van der Waals surface area contributed by atoms with Gasteiger partial charge in [-0.05, 0) is 31.0 Å². The van der Waals surface area contributed by atoms with Gasteiger partial charge in [0.1, 0.15) is 11.4 Å². The van der Waals surface area contributed by atoms with E-state index < -0.39 is 0 Å². The highest BCUT2D eigenvalue weighted by atomic mass is 35.5. The van der Waals surface area contributed by atoms with Crippen molar-refractivity contribution in [2.45, 2.75) is 38.1 Å². The van der Waals surface area contributed by atoms with Crippen molar-refractivity contribution in [2.75, 3.05) is 0 Å². The minimum Gasteiger partial charge on any atom is -0.338 e. The Morgan fingerprint density at radius 1 is 1.04 bits per heavy atom. The standard InChI is InChI=1S/C20H17ClN4O3/c21-13-6-7-22-18(26)16(13)17-23-14-8-11-12(9-15(14)24-17)20(28)25(19(11)27)10-4-2-1-3-5-10/h6-10H,1-5H2,(H,22,26)(H,23,24). The molecule has 3 heterocycles. The molecule has 0 atom stereocenters. The van der Waals surface area contributed by atoms with Crippen molar-refractivity contribution in [3.63, 3.8) is 0 Å². The number of carbonyl (C=O) groups is 2. The van der Waals surface area contributed by atoms with Gasteiger partial charge in [0.05, 0.1) is 27.2 Å². The van der Waals surface area contributed by atoms with Gasteiger partial charge >= 0.3 is 0 Å². The summed E-state index contributed by atoms with van der Waals surface area (Å²) >= 11 is 6.15. The zero-order valence-electron chi connectivity index (χ0n) is 14.9. The van der Waals surface area contributed by atoms with Crippen molar-refractivity contribution in [3.05, 3.63) is 50.9 Å². The predicted molar refractivity (Wildman–Crippen MR) is 105 cm³/mol. The molecule has 0 spiro atoms. The van der Waals surface area contributed by atoms with Crippen molar-refractivity contribution < 1.29 is 9.59 Å². The largest absolute Gasteiger partial charge is 0.338 e. The van der Waals surface area contributed by atoms with E-state index in [1.807, 2.05) is 0 Å². The van der Waals surface area contributed by atoms with Crippen LogP contribution in [0.5, 0.6) is 0 Å². The Morgan fingerprint density at radius 2 is 1.75 bits per heavy atom. The van der Waals surface area contributed by atoms with Crippen LogP contribution in [0.1, 0.15) is 52.8 Å². The molecule has 1 fully saturated rings. The Hall–Kier alpha value is -2.93. The quantitative estimate of drug-likeness (QED) is 0.647. The summed E-state index contributed by atoms with van der Waals surface area (Å²) in [4.78, 5) is 49.5. The molecule has 2 aromatic heterocycles. The lowest BCUT2D eigenvalue weighted by molar-refractivity contribution is 0.0549. The summed E-state index contributed by atoms with van der Waals surface area (Å²) in [6, 6.07) is 4.82. The third-order valence-electron chi connectivity index (χ3n) is 5.61. The smallest absolute Gasteiger partial charge is 0.261 e. The van der Waals surface area contributed by atoms with E-state index in [2.05, 4.69) is 15.0 Å². The molecule has 1 saturated carbocycles. The molecule has 8 heteroatoms. The fraction of sp³-hybridized carbons (Fsp3) is 0.300. The summed E-state index contributed by atoms with van der Waals surface area (Å²) in [5, 5.41) is 0.269. The van der Waals surface area contributed by atoms with E-state index in [1.165, 1.54) is 11.1 Å². The summed E-state index contributed by atoms with van der Waals surface area (Å²) < 4.78 is 0. The molecule has 0 radical (unpaired) electrons. The molecule has 5 rings (SSSR count). The Labute approximate surface area is 164 Å². The average Bonchev–Trinajstić information content (AvgIpc) is 3.19. The van der Waals surface area contributed by atoms with E-state index in [1.54, 1.807) is 18.2 Å². The van der Waals surface area contributed by atoms with Crippen LogP contribution in [0.25, 0.3) is 22.4 Å². The maximum absolute atomic E-state index is 12.9. The fourth-order valence-electron chi connectivity index (χ4n) is 4.23. The molecule has 1 aliphatic carbocycles. The molecule has 0 bridgehead atoms. The zero-order chi connectivity index (χ0) is 19.4. The van der Waals surface area contributed by atoms with Crippen LogP contribution in [0.4, 0.5) is 0 Å². The van der Waals surface area contributed by atoms with Gasteiger partial charge in [-0.25, -0.2) is 4.98 Å². The van der Waals surface area contributed by atoms with E-state index in [4.69, 9.17) is 11.6 Å². The van der Waals surface area contributed by atoms with Gasteiger partial charge in [-0.2, -0.15) is 0 Å². The lowest BCUT2D eigenvalue weighted by atomic mass is 9.94. The number of rotatable bonds is 2. The number of hydrogen-bond acceptors (Lipinski definition) is 4. The molecule has 7 nitrogen and oxygen atoms in total. The minimum atomic E-state index is -0.366. The molecule has 2 aliphatic rings. The van der Waals surface area contributed by atoms with Gasteiger partial charge in [0.25, 0.3) is 17.4 Å². The van der Waals surface area contributed by atoms with E-state index in [0.717, 1.165) is 32.1 Å². The first kappa shape index (κ1) is 17.2. The number of pyridine rings is 1. The van der Waals surface area contributed by atoms with E-state index >= 15 is 0 Å². The predicted octanol–water partition coefficient (Wildman–Crippen LogP) is 3.50. The number of imidazole rings is 1. The van der Waals surface area contributed by atoms with Crippen LogP contribution in [0.2, 0.25) is 5.02 Å². The van der Waals surface area contributed by atoms with Gasteiger partial charge in [-0.3, -0.25) is 19.3 Å². The maximum atomic E-state index is 12.9. The van der Waals surface area contributed by atoms with Crippen LogP contribution in [0, 0.1) is 0 Å². The monoisotopic (exact) mass is 396 g/mol. The highest BCUT2D eigenvalue weighted by Crippen LogP contribution is 2.33. The van der Waals surface area contributed by atoms with E-state index in [9.17, 15) is 14.4 Å². The SMILES string of the molecule is O=C1c2cc3nc(-c4c(Cl)cc[nH]c4=O)[nH]c3cc2C(=O)N1C1CCCCC1. The number of nitrogens with zero attached hydrogens (tertiary/aromatic N) is 2. The topological polar surface area (TPSA) is 98.9 Å². The number of fused-ring (bicyclic) bond motifs is 2. The molecule has 1 aromatic carbocycles.